The van der Waals surface area contributed by atoms with Gasteiger partial charge in [-0.2, -0.15) is 5.10 Å². The molecule has 7 nitrogen and oxygen atoms in total. The van der Waals surface area contributed by atoms with Crippen molar-refractivity contribution in [2.45, 2.75) is 46.3 Å². The average Bonchev–Trinajstić information content (AvgIpc) is 3.07. The van der Waals surface area contributed by atoms with Crippen LogP contribution < -0.4 is 10.1 Å². The number of fused-ring (bicyclic) bond motifs is 1. The molecule has 0 radical (unpaired) electrons. The van der Waals surface area contributed by atoms with Crippen molar-refractivity contribution in [3.8, 4) is 5.75 Å². The quantitative estimate of drug-likeness (QED) is 0.554. The molecule has 0 amide bonds. The van der Waals surface area contributed by atoms with Gasteiger partial charge in [-0.15, -0.1) is 0 Å². The summed E-state index contributed by atoms with van der Waals surface area (Å²) in [7, 11) is 3.96. The Morgan fingerprint density at radius 1 is 1.37 bits per heavy atom. The van der Waals surface area contributed by atoms with Crippen LogP contribution in [0.2, 0.25) is 0 Å². The molecule has 1 aliphatic rings. The number of guanidine groups is 1. The SMILES string of the molecule is CCNC(=NCCc1cc(F)cc2c1OCOC2)N(C)Cc1cn(C)nc1C(C)C. The summed E-state index contributed by atoms with van der Waals surface area (Å²) in [5.41, 5.74) is 3.87. The number of hydrogen-bond acceptors (Lipinski definition) is 4. The summed E-state index contributed by atoms with van der Waals surface area (Å²) >= 11 is 0. The van der Waals surface area contributed by atoms with E-state index in [4.69, 9.17) is 14.5 Å². The largest absolute Gasteiger partial charge is 0.467 e. The first-order valence-corrected chi connectivity index (χ1v) is 10.4. The zero-order valence-electron chi connectivity index (χ0n) is 18.5. The number of hydrogen-bond donors (Lipinski definition) is 1. The van der Waals surface area contributed by atoms with E-state index in [1.165, 1.54) is 17.7 Å². The number of halogens is 1. The van der Waals surface area contributed by atoms with E-state index in [1.807, 2.05) is 25.7 Å². The molecule has 2 aromatic rings. The van der Waals surface area contributed by atoms with Gasteiger partial charge in [0.05, 0.1) is 12.3 Å². The van der Waals surface area contributed by atoms with E-state index >= 15 is 0 Å². The second-order valence-corrected chi connectivity index (χ2v) is 7.87. The van der Waals surface area contributed by atoms with Gasteiger partial charge in [0.25, 0.3) is 0 Å². The van der Waals surface area contributed by atoms with Crippen molar-refractivity contribution >= 4 is 5.96 Å². The zero-order chi connectivity index (χ0) is 21.7. The first-order chi connectivity index (χ1) is 14.4. The third-order valence-corrected chi connectivity index (χ3v) is 4.98. The third kappa shape index (κ3) is 5.30. The number of rotatable bonds is 7. The van der Waals surface area contributed by atoms with Gasteiger partial charge in [0, 0.05) is 51.1 Å². The minimum absolute atomic E-state index is 0.198. The Balaban J connectivity index is 1.71. The highest BCUT2D eigenvalue weighted by atomic mass is 19.1. The van der Waals surface area contributed by atoms with Crippen LogP contribution >= 0.6 is 0 Å². The molecule has 0 aliphatic carbocycles. The van der Waals surface area contributed by atoms with Gasteiger partial charge < -0.3 is 19.7 Å². The fourth-order valence-electron chi connectivity index (χ4n) is 3.69. The highest BCUT2D eigenvalue weighted by Gasteiger charge is 2.18. The number of aliphatic imine (C=N–C) groups is 1. The Hall–Kier alpha value is -2.61. The van der Waals surface area contributed by atoms with Gasteiger partial charge in [-0.05, 0) is 37.0 Å². The first-order valence-electron chi connectivity index (χ1n) is 10.4. The molecule has 1 aromatic heterocycles. The van der Waals surface area contributed by atoms with Gasteiger partial charge in [0.15, 0.2) is 12.8 Å². The number of ether oxygens (including phenoxy) is 2. The normalized spacial score (nSPS) is 13.9. The number of aromatic nitrogens is 2. The van der Waals surface area contributed by atoms with Crippen molar-refractivity contribution in [2.24, 2.45) is 12.0 Å². The van der Waals surface area contributed by atoms with Crippen molar-refractivity contribution in [1.82, 2.24) is 20.0 Å². The second kappa shape index (κ2) is 9.93. The van der Waals surface area contributed by atoms with Gasteiger partial charge in [0.2, 0.25) is 0 Å². The summed E-state index contributed by atoms with van der Waals surface area (Å²) in [6.07, 6.45) is 2.65. The van der Waals surface area contributed by atoms with Crippen LogP contribution in [0.5, 0.6) is 5.75 Å². The van der Waals surface area contributed by atoms with Crippen molar-refractivity contribution in [3.05, 3.63) is 46.5 Å². The summed E-state index contributed by atoms with van der Waals surface area (Å²) in [6, 6.07) is 3.00. The molecule has 0 saturated carbocycles. The minimum atomic E-state index is -0.274. The summed E-state index contributed by atoms with van der Waals surface area (Å²) in [6.45, 7) is 8.92. The van der Waals surface area contributed by atoms with Gasteiger partial charge in [-0.3, -0.25) is 9.67 Å². The van der Waals surface area contributed by atoms with Crippen LogP contribution in [-0.4, -0.2) is 47.6 Å². The molecule has 2 heterocycles. The van der Waals surface area contributed by atoms with E-state index in [9.17, 15) is 4.39 Å². The fraction of sp³-hybridized carbons (Fsp3) is 0.545. The maximum Gasteiger partial charge on any atom is 0.193 e. The highest BCUT2D eigenvalue weighted by molar-refractivity contribution is 5.79. The number of aryl methyl sites for hydroxylation is 1. The maximum absolute atomic E-state index is 14.0. The van der Waals surface area contributed by atoms with Gasteiger partial charge in [-0.25, -0.2) is 4.39 Å². The van der Waals surface area contributed by atoms with Gasteiger partial charge >= 0.3 is 0 Å². The second-order valence-electron chi connectivity index (χ2n) is 7.87. The molecular weight excluding hydrogens is 385 g/mol. The molecule has 0 atom stereocenters. The third-order valence-electron chi connectivity index (χ3n) is 4.98. The molecule has 8 heteroatoms. The van der Waals surface area contributed by atoms with E-state index < -0.39 is 0 Å². The monoisotopic (exact) mass is 417 g/mol. The first kappa shape index (κ1) is 22.1. The van der Waals surface area contributed by atoms with Crippen molar-refractivity contribution in [3.63, 3.8) is 0 Å². The lowest BCUT2D eigenvalue weighted by molar-refractivity contribution is -0.0172. The molecule has 3 rings (SSSR count). The number of benzene rings is 1. The van der Waals surface area contributed by atoms with Crippen molar-refractivity contribution in [1.29, 1.82) is 0 Å². The molecule has 0 fully saturated rings. The van der Waals surface area contributed by atoms with Gasteiger partial charge in [-0.1, -0.05) is 13.8 Å². The molecule has 0 unspecified atom stereocenters. The molecule has 1 N–H and O–H groups in total. The molecule has 164 valence electrons. The average molecular weight is 418 g/mol. The molecule has 30 heavy (non-hydrogen) atoms. The molecular formula is C22H32FN5O2. The van der Waals surface area contributed by atoms with Crippen molar-refractivity contribution < 1.29 is 13.9 Å². The number of nitrogens with zero attached hydrogens (tertiary/aromatic N) is 4. The van der Waals surface area contributed by atoms with E-state index in [2.05, 4.69) is 35.4 Å². The maximum atomic E-state index is 14.0. The standard InChI is InChI=1S/C22H32FN5O2/c1-6-24-22(27(4)11-18-12-28(5)26-20(18)15(2)3)25-8-7-16-9-19(23)10-17-13-29-14-30-21(16)17/h9-10,12,15H,6-8,11,13-14H2,1-5H3,(H,24,25). The van der Waals surface area contributed by atoms with Crippen LogP contribution in [0.15, 0.2) is 23.3 Å². The highest BCUT2D eigenvalue weighted by Crippen LogP contribution is 2.29. The Labute approximate surface area is 177 Å². The summed E-state index contributed by atoms with van der Waals surface area (Å²) < 4.78 is 26.7. The lowest BCUT2D eigenvalue weighted by Gasteiger charge is -2.23. The fourth-order valence-corrected chi connectivity index (χ4v) is 3.69. The predicted molar refractivity (Wildman–Crippen MR) is 115 cm³/mol. The number of nitrogens with one attached hydrogen (secondary N) is 1. The smallest absolute Gasteiger partial charge is 0.193 e. The van der Waals surface area contributed by atoms with Crippen LogP contribution in [-0.2, 0) is 31.4 Å². The van der Waals surface area contributed by atoms with Gasteiger partial charge in [0.1, 0.15) is 11.6 Å². The summed E-state index contributed by atoms with van der Waals surface area (Å²) in [5.74, 6) is 1.62. The molecule has 0 saturated heterocycles. The Morgan fingerprint density at radius 2 is 2.17 bits per heavy atom. The topological polar surface area (TPSA) is 63.9 Å². The molecule has 1 aromatic carbocycles. The summed E-state index contributed by atoms with van der Waals surface area (Å²) in [5, 5.41) is 7.93. The Morgan fingerprint density at radius 3 is 2.90 bits per heavy atom. The predicted octanol–water partition coefficient (Wildman–Crippen LogP) is 3.19. The van der Waals surface area contributed by atoms with Crippen LogP contribution in [0.25, 0.3) is 0 Å². The summed E-state index contributed by atoms with van der Waals surface area (Å²) in [4.78, 5) is 6.85. The van der Waals surface area contributed by atoms with E-state index in [-0.39, 0.29) is 12.6 Å². The van der Waals surface area contributed by atoms with E-state index in [0.717, 1.165) is 35.1 Å². The van der Waals surface area contributed by atoms with Crippen LogP contribution in [0.3, 0.4) is 0 Å². The van der Waals surface area contributed by atoms with E-state index in [1.54, 1.807) is 0 Å². The van der Waals surface area contributed by atoms with E-state index in [0.29, 0.717) is 32.0 Å². The molecule has 0 spiro atoms. The lowest BCUT2D eigenvalue weighted by Crippen LogP contribution is -2.38. The van der Waals surface area contributed by atoms with Crippen molar-refractivity contribution in [2.75, 3.05) is 26.9 Å². The molecule has 1 aliphatic heterocycles. The molecule has 0 bridgehead atoms. The zero-order valence-corrected chi connectivity index (χ0v) is 18.5. The van der Waals surface area contributed by atoms with Crippen LogP contribution in [0.4, 0.5) is 4.39 Å². The van der Waals surface area contributed by atoms with Crippen LogP contribution in [0.1, 0.15) is 49.1 Å². The Bertz CT molecular complexity index is 894. The Kier molecular flexibility index (Phi) is 7.31. The van der Waals surface area contributed by atoms with Crippen LogP contribution in [0, 0.1) is 5.82 Å². The minimum Gasteiger partial charge on any atom is -0.467 e. The lowest BCUT2D eigenvalue weighted by atomic mass is 10.1.